The summed E-state index contributed by atoms with van der Waals surface area (Å²) < 4.78 is 10.6. The van der Waals surface area contributed by atoms with Gasteiger partial charge in [-0.25, -0.2) is 4.98 Å². The molecule has 1 aromatic carbocycles. The maximum absolute atomic E-state index is 13.3. The Labute approximate surface area is 191 Å². The lowest BCUT2D eigenvalue weighted by molar-refractivity contribution is -0.113. The predicted octanol–water partition coefficient (Wildman–Crippen LogP) is 4.19. The van der Waals surface area contributed by atoms with E-state index in [0.29, 0.717) is 33.7 Å². The molecule has 3 heterocycles. The van der Waals surface area contributed by atoms with Crippen molar-refractivity contribution in [2.24, 2.45) is 11.8 Å². The second kappa shape index (κ2) is 9.40. The fraction of sp³-hybridized carbons (Fsp3) is 0.458. The van der Waals surface area contributed by atoms with Crippen LogP contribution in [0.1, 0.15) is 42.5 Å². The molecule has 2 aliphatic heterocycles. The number of amides is 2. The molecule has 1 saturated carbocycles. The van der Waals surface area contributed by atoms with Gasteiger partial charge in [0, 0.05) is 31.0 Å². The molecule has 8 heteroatoms. The van der Waals surface area contributed by atoms with Gasteiger partial charge in [-0.15, -0.1) is 0 Å². The minimum Gasteiger partial charge on any atom is -0.454 e. The van der Waals surface area contributed by atoms with Gasteiger partial charge in [0.25, 0.3) is 5.91 Å². The third-order valence-electron chi connectivity index (χ3n) is 6.58. The van der Waals surface area contributed by atoms with E-state index in [9.17, 15) is 9.59 Å². The first kappa shape index (κ1) is 21.1. The molecule has 0 spiro atoms. The van der Waals surface area contributed by atoms with Crippen LogP contribution in [-0.4, -0.2) is 47.3 Å². The number of benzene rings is 1. The zero-order valence-corrected chi connectivity index (χ0v) is 18.7. The lowest BCUT2D eigenvalue weighted by Crippen LogP contribution is -2.44. The maximum Gasteiger partial charge on any atom is 0.256 e. The van der Waals surface area contributed by atoms with Crippen molar-refractivity contribution in [2.45, 2.75) is 37.1 Å². The van der Waals surface area contributed by atoms with Crippen molar-refractivity contribution in [1.29, 1.82) is 0 Å². The molecular formula is C24H27N3O4S. The number of hydrogen-bond acceptors (Lipinski definition) is 6. The van der Waals surface area contributed by atoms with Crippen LogP contribution >= 0.6 is 11.8 Å². The number of carbonyl (C=O) groups excluding carboxylic acids is 2. The maximum atomic E-state index is 13.3. The number of likely N-dealkylation sites (tertiary alicyclic amines) is 1. The van der Waals surface area contributed by atoms with Crippen molar-refractivity contribution >= 4 is 29.3 Å². The van der Waals surface area contributed by atoms with Crippen molar-refractivity contribution in [1.82, 2.24) is 9.88 Å². The molecule has 0 bridgehead atoms. The Kier molecular flexibility index (Phi) is 6.21. The minimum absolute atomic E-state index is 0.0285. The molecule has 1 aromatic heterocycles. The Hall–Kier alpha value is -2.74. The van der Waals surface area contributed by atoms with Crippen molar-refractivity contribution in [2.75, 3.05) is 31.0 Å². The first-order valence-electron chi connectivity index (χ1n) is 11.2. The highest BCUT2D eigenvalue weighted by atomic mass is 32.2. The van der Waals surface area contributed by atoms with Gasteiger partial charge in [-0.1, -0.05) is 31.0 Å². The van der Waals surface area contributed by atoms with E-state index >= 15 is 0 Å². The number of nitrogens with zero attached hydrogens (tertiary/aromatic N) is 2. The van der Waals surface area contributed by atoms with E-state index in [2.05, 4.69) is 10.3 Å². The summed E-state index contributed by atoms with van der Waals surface area (Å²) in [4.78, 5) is 32.2. The predicted molar refractivity (Wildman–Crippen MR) is 122 cm³/mol. The van der Waals surface area contributed by atoms with Gasteiger partial charge in [-0.3, -0.25) is 9.59 Å². The Morgan fingerprint density at radius 3 is 2.84 bits per heavy atom. The number of ether oxygens (including phenoxy) is 2. The van der Waals surface area contributed by atoms with Gasteiger partial charge in [0.2, 0.25) is 12.7 Å². The molecular weight excluding hydrogens is 426 g/mol. The standard InChI is InChI=1S/C24H27N3O4S/c28-22(26-18-7-8-20-21(12-18)31-15-30-20)14-32-23-19(6-3-10-25-23)24(29)27-11-9-16-4-1-2-5-17(16)13-27/h3,6-8,10,12,16-17H,1-2,4-5,9,11,13-15H2,(H,26,28)/t16-,17-/m1/s1. The molecule has 2 fully saturated rings. The number of pyridine rings is 1. The highest BCUT2D eigenvalue weighted by Crippen LogP contribution is 2.37. The highest BCUT2D eigenvalue weighted by molar-refractivity contribution is 8.00. The fourth-order valence-electron chi connectivity index (χ4n) is 4.93. The average molecular weight is 454 g/mol. The van der Waals surface area contributed by atoms with Crippen LogP contribution in [0.4, 0.5) is 5.69 Å². The molecule has 3 aliphatic rings. The van der Waals surface area contributed by atoms with Crippen LogP contribution in [-0.2, 0) is 4.79 Å². The summed E-state index contributed by atoms with van der Waals surface area (Å²) in [5.41, 5.74) is 1.23. The fourth-order valence-corrected chi connectivity index (χ4v) is 5.72. The normalized spacial score (nSPS) is 21.7. The van der Waals surface area contributed by atoms with Crippen LogP contribution in [0, 0.1) is 11.8 Å². The Morgan fingerprint density at radius 2 is 1.94 bits per heavy atom. The van der Waals surface area contributed by atoms with Gasteiger partial charge in [-0.2, -0.15) is 0 Å². The Morgan fingerprint density at radius 1 is 1.09 bits per heavy atom. The minimum atomic E-state index is -0.166. The summed E-state index contributed by atoms with van der Waals surface area (Å²) in [5, 5.41) is 3.47. The summed E-state index contributed by atoms with van der Waals surface area (Å²) in [5.74, 6) is 2.72. The van der Waals surface area contributed by atoms with Gasteiger partial charge in [0.05, 0.1) is 11.3 Å². The molecule has 0 unspecified atom stereocenters. The number of carbonyl (C=O) groups is 2. The van der Waals surface area contributed by atoms with Gasteiger partial charge < -0.3 is 19.7 Å². The summed E-state index contributed by atoms with van der Waals surface area (Å²) in [7, 11) is 0. The molecule has 2 atom stereocenters. The largest absolute Gasteiger partial charge is 0.454 e. The van der Waals surface area contributed by atoms with Gasteiger partial charge in [0.1, 0.15) is 5.03 Å². The number of hydrogen-bond donors (Lipinski definition) is 1. The second-order valence-electron chi connectivity index (χ2n) is 8.61. The summed E-state index contributed by atoms with van der Waals surface area (Å²) in [6, 6.07) is 8.91. The molecule has 5 rings (SSSR count). The van der Waals surface area contributed by atoms with E-state index < -0.39 is 0 Å². The molecule has 0 radical (unpaired) electrons. The van der Waals surface area contributed by atoms with E-state index in [-0.39, 0.29) is 24.4 Å². The molecule has 1 saturated heterocycles. The van der Waals surface area contributed by atoms with Crippen LogP contribution in [0.15, 0.2) is 41.6 Å². The van der Waals surface area contributed by atoms with E-state index in [0.717, 1.165) is 25.4 Å². The molecule has 7 nitrogen and oxygen atoms in total. The zero-order chi connectivity index (χ0) is 21.9. The van der Waals surface area contributed by atoms with Crippen LogP contribution in [0.5, 0.6) is 11.5 Å². The molecule has 1 N–H and O–H groups in total. The number of fused-ring (bicyclic) bond motifs is 2. The quantitative estimate of drug-likeness (QED) is 0.684. The van der Waals surface area contributed by atoms with Crippen LogP contribution in [0.3, 0.4) is 0 Å². The van der Waals surface area contributed by atoms with E-state index in [4.69, 9.17) is 9.47 Å². The zero-order valence-electron chi connectivity index (χ0n) is 17.9. The molecule has 2 aromatic rings. The highest BCUT2D eigenvalue weighted by Gasteiger charge is 2.33. The van der Waals surface area contributed by atoms with Crippen LogP contribution < -0.4 is 14.8 Å². The Balaban J connectivity index is 1.20. The summed E-state index contributed by atoms with van der Waals surface area (Å²) in [6.45, 7) is 1.84. The van der Waals surface area contributed by atoms with Crippen molar-refractivity contribution in [3.63, 3.8) is 0 Å². The van der Waals surface area contributed by atoms with Crippen LogP contribution in [0.25, 0.3) is 0 Å². The van der Waals surface area contributed by atoms with E-state index in [1.165, 1.54) is 37.4 Å². The second-order valence-corrected chi connectivity index (χ2v) is 9.57. The number of thioether (sulfide) groups is 1. The third kappa shape index (κ3) is 4.55. The van der Waals surface area contributed by atoms with Crippen molar-refractivity contribution < 1.29 is 19.1 Å². The monoisotopic (exact) mass is 453 g/mol. The van der Waals surface area contributed by atoms with Crippen molar-refractivity contribution in [3.05, 3.63) is 42.1 Å². The van der Waals surface area contributed by atoms with Crippen LogP contribution in [0.2, 0.25) is 0 Å². The average Bonchev–Trinajstić information content (AvgIpc) is 3.30. The number of nitrogens with one attached hydrogen (secondary N) is 1. The third-order valence-corrected chi connectivity index (χ3v) is 7.58. The summed E-state index contributed by atoms with van der Waals surface area (Å²) >= 11 is 1.29. The number of anilines is 1. The topological polar surface area (TPSA) is 80.8 Å². The first-order chi connectivity index (χ1) is 15.7. The first-order valence-corrected chi connectivity index (χ1v) is 12.2. The van der Waals surface area contributed by atoms with Gasteiger partial charge in [0.15, 0.2) is 11.5 Å². The molecule has 1 aliphatic carbocycles. The van der Waals surface area contributed by atoms with Crippen molar-refractivity contribution in [3.8, 4) is 11.5 Å². The number of rotatable bonds is 5. The Bertz CT molecular complexity index is 1010. The lowest BCUT2D eigenvalue weighted by Gasteiger charge is -2.41. The van der Waals surface area contributed by atoms with E-state index in [1.54, 1.807) is 30.5 Å². The molecule has 2 amide bonds. The SMILES string of the molecule is O=C(CSc1ncccc1C(=O)N1CC[C@H]2CCCC[C@@H]2C1)Nc1ccc2c(c1)OCO2. The molecule has 32 heavy (non-hydrogen) atoms. The van der Waals surface area contributed by atoms with E-state index in [1.807, 2.05) is 11.0 Å². The van der Waals surface area contributed by atoms with Gasteiger partial charge >= 0.3 is 0 Å². The number of aromatic nitrogens is 1. The summed E-state index contributed by atoms with van der Waals surface area (Å²) in [6.07, 6.45) is 7.89. The van der Waals surface area contributed by atoms with Gasteiger partial charge in [-0.05, 0) is 48.9 Å². The number of piperidine rings is 1. The smallest absolute Gasteiger partial charge is 0.256 e. The lowest BCUT2D eigenvalue weighted by atomic mass is 9.75. The molecule has 168 valence electrons.